The van der Waals surface area contributed by atoms with Gasteiger partial charge in [0.05, 0.1) is 34.4 Å². The quantitative estimate of drug-likeness (QED) is 0.0211. The molecular formula is C69H116NO8+. The van der Waals surface area contributed by atoms with Crippen LogP contribution in [0.5, 0.6) is 0 Å². The van der Waals surface area contributed by atoms with Gasteiger partial charge in [-0.1, -0.05) is 238 Å². The first kappa shape index (κ1) is 73.7. The van der Waals surface area contributed by atoms with Crippen LogP contribution in [0.2, 0.25) is 0 Å². The van der Waals surface area contributed by atoms with Crippen molar-refractivity contribution in [2.75, 3.05) is 47.5 Å². The molecule has 9 nitrogen and oxygen atoms in total. The van der Waals surface area contributed by atoms with Gasteiger partial charge in [-0.25, -0.2) is 4.79 Å². The van der Waals surface area contributed by atoms with E-state index >= 15 is 0 Å². The molecular weight excluding hydrogens is 971 g/mol. The van der Waals surface area contributed by atoms with Gasteiger partial charge in [-0.3, -0.25) is 9.59 Å². The molecule has 9 heteroatoms. The molecule has 0 spiro atoms. The summed E-state index contributed by atoms with van der Waals surface area (Å²) < 4.78 is 22.9. The predicted molar refractivity (Wildman–Crippen MR) is 331 cm³/mol. The number of hydrogen-bond acceptors (Lipinski definition) is 7. The van der Waals surface area contributed by atoms with Gasteiger partial charge in [0, 0.05) is 12.8 Å². The van der Waals surface area contributed by atoms with Crippen molar-refractivity contribution in [1.82, 2.24) is 0 Å². The second-order valence-corrected chi connectivity index (χ2v) is 21.6. The highest BCUT2D eigenvalue weighted by Gasteiger charge is 2.25. The van der Waals surface area contributed by atoms with Crippen LogP contribution in [0.3, 0.4) is 0 Å². The largest absolute Gasteiger partial charge is 0.477 e. The lowest BCUT2D eigenvalue weighted by Gasteiger charge is -2.25. The van der Waals surface area contributed by atoms with Crippen molar-refractivity contribution in [2.24, 2.45) is 0 Å². The fraction of sp³-hybridized carbons (Fsp3) is 0.667. The molecule has 0 aromatic rings. The fourth-order valence-electron chi connectivity index (χ4n) is 8.18. The smallest absolute Gasteiger partial charge is 0.361 e. The first-order valence-corrected chi connectivity index (χ1v) is 31.2. The summed E-state index contributed by atoms with van der Waals surface area (Å²) in [6.07, 6.45) is 79.9. The summed E-state index contributed by atoms with van der Waals surface area (Å²) in [6.45, 7) is 4.74. The van der Waals surface area contributed by atoms with Gasteiger partial charge in [-0.05, 0) is 109 Å². The van der Waals surface area contributed by atoms with E-state index in [-0.39, 0.29) is 38.6 Å². The van der Waals surface area contributed by atoms with Crippen LogP contribution in [0.4, 0.5) is 0 Å². The number of carbonyl (C=O) groups is 3. The number of aliphatic carboxylic acids is 1. The van der Waals surface area contributed by atoms with E-state index in [0.29, 0.717) is 17.4 Å². The Balaban J connectivity index is 4.25. The van der Waals surface area contributed by atoms with Crippen LogP contribution in [0.1, 0.15) is 239 Å². The number of carboxylic acid groups (broad SMARTS) is 1. The molecule has 0 aromatic carbocycles. The number of allylic oxidation sites excluding steroid dienone is 20. The molecule has 0 aliphatic rings. The molecule has 1 N–H and O–H groups in total. The number of quaternary nitrogens is 1. The molecule has 0 fully saturated rings. The van der Waals surface area contributed by atoms with Crippen LogP contribution in [0.25, 0.3) is 0 Å². The number of nitrogens with zero attached hydrogens (tertiary/aromatic N) is 1. The minimum Gasteiger partial charge on any atom is -0.477 e. The molecule has 0 aliphatic heterocycles. The third-order valence-electron chi connectivity index (χ3n) is 13.0. The first-order chi connectivity index (χ1) is 38.1. The van der Waals surface area contributed by atoms with Crippen LogP contribution in [0.15, 0.2) is 122 Å². The standard InChI is InChI=1S/C69H115NO8/c1-6-8-10-12-14-16-18-20-22-24-26-27-28-29-30-31-32-33-34-35-36-37-38-39-40-41-42-44-46-48-50-52-54-56-58-60-67(72)78-65(64-77-69(68(73)74)75-62-61-70(3,4)5)63-76-66(71)59-57-55-53-51-49-47-45-43-25-23-21-19-17-15-13-11-9-7-2/h8,10,14,16,20,22-23,25-27,29-30,32-33,35-36,38-39,41-42,65,69H,6-7,9,11-13,15,17-19,21,24,28,31,34,37,40,43-64H2,1-5H3/p+1/b10-8-,16-14-,22-20-,25-23-,27-26-,30-29-,33-32-,36-35-,39-38-,42-41-. The topological polar surface area (TPSA) is 108 Å². The lowest BCUT2D eigenvalue weighted by Crippen LogP contribution is -2.40. The minimum atomic E-state index is -1.52. The van der Waals surface area contributed by atoms with Crippen LogP contribution >= 0.6 is 0 Å². The molecule has 0 aromatic heterocycles. The maximum absolute atomic E-state index is 12.9. The van der Waals surface area contributed by atoms with Crippen molar-refractivity contribution in [1.29, 1.82) is 0 Å². The summed E-state index contributed by atoms with van der Waals surface area (Å²) >= 11 is 0. The predicted octanol–water partition coefficient (Wildman–Crippen LogP) is 18.8. The maximum atomic E-state index is 12.9. The summed E-state index contributed by atoms with van der Waals surface area (Å²) in [4.78, 5) is 37.5. The Bertz CT molecular complexity index is 1690. The number of rotatable bonds is 56. The molecule has 0 amide bonds. The van der Waals surface area contributed by atoms with Crippen molar-refractivity contribution in [3.8, 4) is 0 Å². The van der Waals surface area contributed by atoms with E-state index in [1.807, 2.05) is 21.1 Å². The normalized spacial score (nSPS) is 13.6. The summed E-state index contributed by atoms with van der Waals surface area (Å²) in [5, 5.41) is 9.71. The number of ether oxygens (including phenoxy) is 4. The molecule has 0 aliphatic carbocycles. The van der Waals surface area contributed by atoms with E-state index in [1.54, 1.807) is 0 Å². The van der Waals surface area contributed by atoms with E-state index in [1.165, 1.54) is 89.9 Å². The number of esters is 2. The Morgan fingerprint density at radius 2 is 0.731 bits per heavy atom. The van der Waals surface area contributed by atoms with Crippen LogP contribution in [0, 0.1) is 0 Å². The number of carboxylic acids is 1. The molecule has 444 valence electrons. The highest BCUT2D eigenvalue weighted by molar-refractivity contribution is 5.71. The third kappa shape index (κ3) is 59.4. The van der Waals surface area contributed by atoms with E-state index in [0.717, 1.165) is 116 Å². The van der Waals surface area contributed by atoms with Gasteiger partial charge in [0.1, 0.15) is 13.2 Å². The highest BCUT2D eigenvalue weighted by atomic mass is 16.7. The SMILES string of the molecule is CC/C=C\C/C=C\C/C=C\C/C=C\C/C=C\C/C=C\C/C=C\C/C=C\C/C=C\CCCCCCCCCC(=O)OC(COC(=O)CCCCCCCCC/C=C\CCCCCCCCC)COC(OCC[N+](C)(C)C)C(=O)O. The Labute approximate surface area is 478 Å². The van der Waals surface area contributed by atoms with Crippen LogP contribution in [-0.4, -0.2) is 87.4 Å². The number of likely N-dealkylation sites (N-methyl/N-ethyl adjacent to an activating group) is 1. The molecule has 0 rings (SSSR count). The van der Waals surface area contributed by atoms with Crippen molar-refractivity contribution in [3.63, 3.8) is 0 Å². The maximum Gasteiger partial charge on any atom is 0.361 e. The molecule has 2 unspecified atom stereocenters. The molecule has 0 saturated heterocycles. The van der Waals surface area contributed by atoms with Gasteiger partial charge in [-0.15, -0.1) is 0 Å². The molecule has 0 radical (unpaired) electrons. The zero-order valence-corrected chi connectivity index (χ0v) is 50.5. The summed E-state index contributed by atoms with van der Waals surface area (Å²) in [5.74, 6) is -2.03. The van der Waals surface area contributed by atoms with Crippen LogP contribution < -0.4 is 0 Å². The third-order valence-corrected chi connectivity index (χ3v) is 13.0. The van der Waals surface area contributed by atoms with Gasteiger partial charge in [0.2, 0.25) is 0 Å². The van der Waals surface area contributed by atoms with Crippen molar-refractivity contribution < 1.29 is 42.9 Å². The van der Waals surface area contributed by atoms with E-state index in [4.69, 9.17) is 18.9 Å². The number of hydrogen-bond donors (Lipinski definition) is 1. The minimum absolute atomic E-state index is 0.179. The van der Waals surface area contributed by atoms with Crippen molar-refractivity contribution in [2.45, 2.75) is 251 Å². The van der Waals surface area contributed by atoms with Gasteiger partial charge in [0.25, 0.3) is 6.29 Å². The van der Waals surface area contributed by atoms with Gasteiger partial charge < -0.3 is 28.5 Å². The number of carbonyl (C=O) groups excluding carboxylic acids is 2. The highest BCUT2D eigenvalue weighted by Crippen LogP contribution is 2.15. The van der Waals surface area contributed by atoms with Crippen molar-refractivity contribution in [3.05, 3.63) is 122 Å². The molecule has 0 heterocycles. The fourth-order valence-corrected chi connectivity index (χ4v) is 8.18. The Morgan fingerprint density at radius 3 is 1.10 bits per heavy atom. The average molecular weight is 1090 g/mol. The van der Waals surface area contributed by atoms with Gasteiger partial charge in [0.15, 0.2) is 6.10 Å². The zero-order chi connectivity index (χ0) is 56.9. The Hall–Kier alpha value is -4.31. The number of unbranched alkanes of at least 4 members (excludes halogenated alkanes) is 21. The van der Waals surface area contributed by atoms with Gasteiger partial charge >= 0.3 is 17.9 Å². The second-order valence-electron chi connectivity index (χ2n) is 21.6. The summed E-state index contributed by atoms with van der Waals surface area (Å²) in [5.41, 5.74) is 0. The molecule has 0 bridgehead atoms. The zero-order valence-electron chi connectivity index (χ0n) is 50.5. The average Bonchev–Trinajstić information content (AvgIpc) is 3.41. The van der Waals surface area contributed by atoms with E-state index in [2.05, 4.69) is 135 Å². The van der Waals surface area contributed by atoms with Crippen LogP contribution in [-0.2, 0) is 33.3 Å². The molecule has 2 atom stereocenters. The molecule has 78 heavy (non-hydrogen) atoms. The Kier molecular flexibility index (Phi) is 55.6. The first-order valence-electron chi connectivity index (χ1n) is 31.2. The molecule has 0 saturated carbocycles. The van der Waals surface area contributed by atoms with E-state index in [9.17, 15) is 19.5 Å². The second kappa shape index (κ2) is 58.8. The van der Waals surface area contributed by atoms with Crippen molar-refractivity contribution >= 4 is 17.9 Å². The van der Waals surface area contributed by atoms with E-state index < -0.39 is 24.3 Å². The summed E-state index contributed by atoms with van der Waals surface area (Å²) in [6, 6.07) is 0. The Morgan fingerprint density at radius 1 is 0.397 bits per heavy atom. The lowest BCUT2D eigenvalue weighted by atomic mass is 10.1. The lowest BCUT2D eigenvalue weighted by molar-refractivity contribution is -0.870. The summed E-state index contributed by atoms with van der Waals surface area (Å²) in [7, 11) is 5.96. The monoisotopic (exact) mass is 1090 g/mol. The van der Waals surface area contributed by atoms with Gasteiger partial charge in [-0.2, -0.15) is 0 Å².